The quantitative estimate of drug-likeness (QED) is 0.551. The predicted molar refractivity (Wildman–Crippen MR) is 38.9 cm³/mol. The summed E-state index contributed by atoms with van der Waals surface area (Å²) in [5, 5.41) is 8.99. The van der Waals surface area contributed by atoms with Gasteiger partial charge in [0.2, 0.25) is 0 Å². The molecular formula is C8H12O. The smallest absolute Gasteiger partial charge is 0.0730 e. The number of rotatable bonds is 2. The van der Waals surface area contributed by atoms with Gasteiger partial charge < -0.3 is 5.11 Å². The highest BCUT2D eigenvalue weighted by Crippen LogP contribution is 1.96. The normalized spacial score (nSPS) is 14.7. The highest BCUT2D eigenvalue weighted by molar-refractivity contribution is 5.23. The molecule has 0 aromatic rings. The van der Waals surface area contributed by atoms with E-state index in [-0.39, 0.29) is 6.10 Å². The van der Waals surface area contributed by atoms with E-state index in [0.717, 1.165) is 12.0 Å². The van der Waals surface area contributed by atoms with Gasteiger partial charge in [-0.05, 0) is 25.0 Å². The van der Waals surface area contributed by atoms with Crippen molar-refractivity contribution in [2.24, 2.45) is 0 Å². The van der Waals surface area contributed by atoms with E-state index in [1.54, 1.807) is 13.0 Å². The van der Waals surface area contributed by atoms with Crippen LogP contribution < -0.4 is 0 Å². The van der Waals surface area contributed by atoms with Gasteiger partial charge in [-0.2, -0.15) is 0 Å². The summed E-state index contributed by atoms with van der Waals surface area (Å²) < 4.78 is 0. The topological polar surface area (TPSA) is 20.2 Å². The molecule has 0 spiro atoms. The molecule has 0 aliphatic heterocycles. The monoisotopic (exact) mass is 124 g/mol. The Hall–Kier alpha value is -0.740. The van der Waals surface area contributed by atoms with Crippen LogP contribution in [0, 0.1) is 12.3 Å². The average molecular weight is 124 g/mol. The minimum Gasteiger partial charge on any atom is -0.389 e. The van der Waals surface area contributed by atoms with E-state index in [1.165, 1.54) is 0 Å². The number of aliphatic hydroxyl groups is 1. The van der Waals surface area contributed by atoms with Crippen molar-refractivity contribution in [2.45, 2.75) is 26.4 Å². The second kappa shape index (κ2) is 4.17. The van der Waals surface area contributed by atoms with Crippen LogP contribution in [0.15, 0.2) is 11.6 Å². The van der Waals surface area contributed by atoms with Crippen LogP contribution in [0.25, 0.3) is 0 Å². The third-order valence-electron chi connectivity index (χ3n) is 1.09. The zero-order valence-electron chi connectivity index (χ0n) is 5.89. The van der Waals surface area contributed by atoms with Crippen LogP contribution in [0.3, 0.4) is 0 Å². The van der Waals surface area contributed by atoms with Crippen LogP contribution in [0.1, 0.15) is 20.3 Å². The van der Waals surface area contributed by atoms with Crippen LogP contribution >= 0.6 is 0 Å². The number of terminal acetylenes is 1. The van der Waals surface area contributed by atoms with E-state index in [9.17, 15) is 0 Å². The van der Waals surface area contributed by atoms with Gasteiger partial charge in [0.25, 0.3) is 0 Å². The Balaban J connectivity index is 3.83. The first-order valence-corrected chi connectivity index (χ1v) is 3.03. The fourth-order valence-corrected chi connectivity index (χ4v) is 0.455. The van der Waals surface area contributed by atoms with Gasteiger partial charge in [-0.15, -0.1) is 6.42 Å². The lowest BCUT2D eigenvalue weighted by Crippen LogP contribution is -1.99. The molecule has 0 rings (SSSR count). The van der Waals surface area contributed by atoms with Crippen LogP contribution in [0.4, 0.5) is 0 Å². The van der Waals surface area contributed by atoms with Crippen molar-refractivity contribution >= 4 is 0 Å². The molecule has 0 radical (unpaired) electrons. The fourth-order valence-electron chi connectivity index (χ4n) is 0.455. The summed E-state index contributed by atoms with van der Waals surface area (Å²) in [6, 6.07) is 0. The van der Waals surface area contributed by atoms with Crippen molar-refractivity contribution in [3.63, 3.8) is 0 Å². The lowest BCUT2D eigenvalue weighted by Gasteiger charge is -1.98. The summed E-state index contributed by atoms with van der Waals surface area (Å²) in [6.07, 6.45) is 7.07. The fraction of sp³-hybridized carbons (Fsp3) is 0.500. The van der Waals surface area contributed by atoms with E-state index in [2.05, 4.69) is 5.92 Å². The van der Waals surface area contributed by atoms with Crippen LogP contribution in [-0.2, 0) is 0 Å². The maximum Gasteiger partial charge on any atom is 0.0730 e. The third-order valence-corrected chi connectivity index (χ3v) is 1.09. The second-order valence-corrected chi connectivity index (χ2v) is 1.97. The molecule has 1 unspecified atom stereocenters. The van der Waals surface area contributed by atoms with E-state index < -0.39 is 0 Å². The van der Waals surface area contributed by atoms with Gasteiger partial charge in [0.1, 0.15) is 0 Å². The molecule has 50 valence electrons. The SMILES string of the molecule is C#CC(C)=CC(O)CC. The maximum atomic E-state index is 8.99. The minimum atomic E-state index is -0.374. The number of allylic oxidation sites excluding steroid dienone is 1. The number of hydrogen-bond donors (Lipinski definition) is 1. The molecule has 1 atom stereocenters. The molecule has 0 amide bonds. The Labute approximate surface area is 56.4 Å². The van der Waals surface area contributed by atoms with Crippen molar-refractivity contribution in [2.75, 3.05) is 0 Å². The molecule has 1 N–H and O–H groups in total. The summed E-state index contributed by atoms with van der Waals surface area (Å²) in [5.74, 6) is 2.43. The van der Waals surface area contributed by atoms with Gasteiger partial charge in [-0.3, -0.25) is 0 Å². The molecule has 0 aliphatic carbocycles. The van der Waals surface area contributed by atoms with E-state index in [4.69, 9.17) is 11.5 Å². The number of hydrogen-bond acceptors (Lipinski definition) is 1. The van der Waals surface area contributed by atoms with Crippen LogP contribution in [0.2, 0.25) is 0 Å². The standard InChI is InChI=1S/C8H12O/c1-4-7(3)6-8(9)5-2/h1,6,8-9H,5H2,2-3H3. The van der Waals surface area contributed by atoms with Gasteiger partial charge in [-0.1, -0.05) is 12.8 Å². The summed E-state index contributed by atoms with van der Waals surface area (Å²) in [7, 11) is 0. The summed E-state index contributed by atoms with van der Waals surface area (Å²) in [5.41, 5.74) is 0.796. The second-order valence-electron chi connectivity index (χ2n) is 1.97. The zero-order valence-corrected chi connectivity index (χ0v) is 5.89. The highest BCUT2D eigenvalue weighted by atomic mass is 16.3. The molecule has 0 aliphatic rings. The maximum absolute atomic E-state index is 8.99. The van der Waals surface area contributed by atoms with Gasteiger partial charge in [0, 0.05) is 0 Å². The van der Waals surface area contributed by atoms with Crippen molar-refractivity contribution in [3.8, 4) is 12.3 Å². The highest BCUT2D eigenvalue weighted by Gasteiger charge is 1.92. The third kappa shape index (κ3) is 3.81. The first-order chi connectivity index (χ1) is 4.20. The van der Waals surface area contributed by atoms with Gasteiger partial charge in [0.05, 0.1) is 6.10 Å². The molecule has 1 nitrogen and oxygen atoms in total. The lowest BCUT2D eigenvalue weighted by molar-refractivity contribution is 0.218. The van der Waals surface area contributed by atoms with Gasteiger partial charge in [-0.25, -0.2) is 0 Å². The molecule has 0 saturated heterocycles. The average Bonchev–Trinajstić information content (AvgIpc) is 1.87. The first-order valence-electron chi connectivity index (χ1n) is 3.03. The molecule has 0 bridgehead atoms. The summed E-state index contributed by atoms with van der Waals surface area (Å²) in [6.45, 7) is 3.71. The molecule has 0 heterocycles. The molecule has 0 saturated carbocycles. The van der Waals surface area contributed by atoms with Crippen molar-refractivity contribution < 1.29 is 5.11 Å². The van der Waals surface area contributed by atoms with Crippen molar-refractivity contribution in [3.05, 3.63) is 11.6 Å². The van der Waals surface area contributed by atoms with E-state index in [1.807, 2.05) is 6.92 Å². The Morgan fingerprint density at radius 1 is 1.89 bits per heavy atom. The van der Waals surface area contributed by atoms with Crippen LogP contribution in [0.5, 0.6) is 0 Å². The van der Waals surface area contributed by atoms with Gasteiger partial charge >= 0.3 is 0 Å². The minimum absolute atomic E-state index is 0.374. The Morgan fingerprint density at radius 3 is 2.78 bits per heavy atom. The Bertz CT molecular complexity index is 139. The molecule has 0 aromatic heterocycles. The summed E-state index contributed by atoms with van der Waals surface area (Å²) in [4.78, 5) is 0. The molecule has 9 heavy (non-hydrogen) atoms. The molecule has 1 heteroatoms. The van der Waals surface area contributed by atoms with Gasteiger partial charge in [0.15, 0.2) is 0 Å². The zero-order chi connectivity index (χ0) is 7.28. The van der Waals surface area contributed by atoms with Crippen molar-refractivity contribution in [1.29, 1.82) is 0 Å². The first kappa shape index (κ1) is 8.26. The molecule has 0 fully saturated rings. The Kier molecular flexibility index (Phi) is 3.83. The Morgan fingerprint density at radius 2 is 2.44 bits per heavy atom. The van der Waals surface area contributed by atoms with Crippen molar-refractivity contribution in [1.82, 2.24) is 0 Å². The number of aliphatic hydroxyl groups excluding tert-OH is 1. The summed E-state index contributed by atoms with van der Waals surface area (Å²) >= 11 is 0. The predicted octanol–water partition coefficient (Wildman–Crippen LogP) is 1.34. The van der Waals surface area contributed by atoms with Crippen LogP contribution in [-0.4, -0.2) is 11.2 Å². The van der Waals surface area contributed by atoms with E-state index >= 15 is 0 Å². The van der Waals surface area contributed by atoms with E-state index in [0.29, 0.717) is 0 Å². The largest absolute Gasteiger partial charge is 0.389 e. The molecule has 0 aromatic carbocycles. The lowest BCUT2D eigenvalue weighted by atomic mass is 10.2. The molecular weight excluding hydrogens is 112 g/mol.